The Morgan fingerprint density at radius 3 is 2.04 bits per heavy atom. The molecular weight excluding hydrogens is 344 g/mol. The van der Waals surface area contributed by atoms with Gasteiger partial charge in [-0.15, -0.1) is 0 Å². The van der Waals surface area contributed by atoms with Gasteiger partial charge in [-0.3, -0.25) is 9.59 Å². The van der Waals surface area contributed by atoms with E-state index >= 15 is 0 Å². The summed E-state index contributed by atoms with van der Waals surface area (Å²) in [5, 5.41) is 0.535. The summed E-state index contributed by atoms with van der Waals surface area (Å²) in [6.45, 7) is 4.26. The Morgan fingerprint density at radius 2 is 1.48 bits per heavy atom. The molecule has 6 heteroatoms. The van der Waals surface area contributed by atoms with Gasteiger partial charge in [0.1, 0.15) is 0 Å². The third-order valence-corrected chi connectivity index (χ3v) is 5.18. The second-order valence-corrected chi connectivity index (χ2v) is 7.05. The van der Waals surface area contributed by atoms with Crippen LogP contribution in [-0.4, -0.2) is 35.9 Å². The molecule has 2 aromatic carbocycles. The van der Waals surface area contributed by atoms with E-state index in [0.717, 1.165) is 37.5 Å². The van der Waals surface area contributed by atoms with Crippen molar-refractivity contribution in [2.45, 2.75) is 19.8 Å². The van der Waals surface area contributed by atoms with Crippen LogP contribution in [0.15, 0.2) is 48.5 Å². The molecule has 6 nitrogen and oxygen atoms in total. The van der Waals surface area contributed by atoms with Gasteiger partial charge >= 0.3 is 5.97 Å². The number of anilines is 1. The van der Waals surface area contributed by atoms with E-state index in [2.05, 4.69) is 11.8 Å². The van der Waals surface area contributed by atoms with Crippen molar-refractivity contribution in [1.82, 2.24) is 5.06 Å². The summed E-state index contributed by atoms with van der Waals surface area (Å²) >= 11 is 0. The second kappa shape index (κ2) is 6.87. The normalized spacial score (nSPS) is 17.2. The summed E-state index contributed by atoms with van der Waals surface area (Å²) in [6.07, 6.45) is 2.31. The number of hydrogen-bond donors (Lipinski definition) is 0. The molecule has 2 aromatic rings. The summed E-state index contributed by atoms with van der Waals surface area (Å²) in [6, 6.07) is 13.5. The van der Waals surface area contributed by atoms with Crippen LogP contribution in [0.4, 0.5) is 5.69 Å². The predicted molar refractivity (Wildman–Crippen MR) is 99.4 cm³/mol. The zero-order valence-electron chi connectivity index (χ0n) is 15.1. The van der Waals surface area contributed by atoms with Crippen molar-refractivity contribution in [2.24, 2.45) is 5.92 Å². The number of hydroxylamine groups is 2. The number of imide groups is 1. The molecule has 0 atom stereocenters. The molecule has 0 unspecified atom stereocenters. The van der Waals surface area contributed by atoms with Crippen molar-refractivity contribution in [3.8, 4) is 0 Å². The standard InChI is InChI=1S/C21H20N2O4/c1-14-10-12-22(13-11-14)16-8-6-15(7-9-16)21(26)27-23-19(24)17-4-2-3-5-18(17)20(23)25/h2-9,14H,10-13H2,1H3. The number of carbonyl (C=O) groups is 3. The first-order chi connectivity index (χ1) is 13.0. The maximum Gasteiger partial charge on any atom is 0.363 e. The number of nitrogens with zero attached hydrogens (tertiary/aromatic N) is 2. The van der Waals surface area contributed by atoms with Crippen LogP contribution >= 0.6 is 0 Å². The molecule has 138 valence electrons. The summed E-state index contributed by atoms with van der Waals surface area (Å²) in [7, 11) is 0. The number of amides is 2. The van der Waals surface area contributed by atoms with Gasteiger partial charge < -0.3 is 9.74 Å². The summed E-state index contributed by atoms with van der Waals surface area (Å²) < 4.78 is 0. The van der Waals surface area contributed by atoms with Crippen molar-refractivity contribution in [3.05, 3.63) is 65.2 Å². The lowest BCUT2D eigenvalue weighted by Crippen LogP contribution is -2.33. The van der Waals surface area contributed by atoms with Crippen LogP contribution in [0.2, 0.25) is 0 Å². The third-order valence-electron chi connectivity index (χ3n) is 5.18. The van der Waals surface area contributed by atoms with Crippen LogP contribution in [0.5, 0.6) is 0 Å². The highest BCUT2D eigenvalue weighted by atomic mass is 16.7. The monoisotopic (exact) mass is 364 g/mol. The molecule has 1 saturated heterocycles. The quantitative estimate of drug-likeness (QED) is 0.782. The molecule has 2 aliphatic heterocycles. The molecule has 0 aliphatic carbocycles. The topological polar surface area (TPSA) is 66.9 Å². The van der Waals surface area contributed by atoms with Crippen molar-refractivity contribution < 1.29 is 19.2 Å². The molecule has 0 N–H and O–H groups in total. The average Bonchev–Trinajstić information content (AvgIpc) is 2.94. The summed E-state index contributed by atoms with van der Waals surface area (Å²) in [5.74, 6) is -1.23. The molecule has 2 aliphatic rings. The molecule has 0 radical (unpaired) electrons. The van der Waals surface area contributed by atoms with Crippen molar-refractivity contribution in [2.75, 3.05) is 18.0 Å². The largest absolute Gasteiger partial charge is 0.372 e. The Balaban J connectivity index is 1.45. The van der Waals surface area contributed by atoms with E-state index in [0.29, 0.717) is 10.6 Å². The zero-order chi connectivity index (χ0) is 19.0. The first-order valence-corrected chi connectivity index (χ1v) is 9.09. The maximum absolute atomic E-state index is 12.4. The van der Waals surface area contributed by atoms with Crippen LogP contribution in [0.3, 0.4) is 0 Å². The molecule has 27 heavy (non-hydrogen) atoms. The molecule has 2 amide bonds. The summed E-state index contributed by atoms with van der Waals surface area (Å²) in [5.41, 5.74) is 1.83. The van der Waals surface area contributed by atoms with Gasteiger partial charge in [0.25, 0.3) is 11.8 Å². The molecule has 0 aromatic heterocycles. The lowest BCUT2D eigenvalue weighted by Gasteiger charge is -2.32. The van der Waals surface area contributed by atoms with E-state index in [-0.39, 0.29) is 11.1 Å². The Labute approximate surface area is 157 Å². The second-order valence-electron chi connectivity index (χ2n) is 7.05. The van der Waals surface area contributed by atoms with Gasteiger partial charge in [-0.05, 0) is 55.2 Å². The highest BCUT2D eigenvalue weighted by Gasteiger charge is 2.38. The van der Waals surface area contributed by atoms with E-state index in [4.69, 9.17) is 4.84 Å². The van der Waals surface area contributed by atoms with E-state index in [1.165, 1.54) is 12.1 Å². The zero-order valence-corrected chi connectivity index (χ0v) is 15.1. The van der Waals surface area contributed by atoms with Crippen LogP contribution in [-0.2, 0) is 4.84 Å². The lowest BCUT2D eigenvalue weighted by molar-refractivity contribution is -0.0584. The molecule has 2 heterocycles. The molecule has 4 rings (SSSR count). The van der Waals surface area contributed by atoms with Gasteiger partial charge in [0.2, 0.25) is 0 Å². The first kappa shape index (κ1) is 17.3. The van der Waals surface area contributed by atoms with E-state index in [9.17, 15) is 14.4 Å². The third kappa shape index (κ3) is 3.18. The minimum absolute atomic E-state index is 0.241. The van der Waals surface area contributed by atoms with Crippen molar-refractivity contribution in [3.63, 3.8) is 0 Å². The smallest absolute Gasteiger partial charge is 0.363 e. The number of rotatable bonds is 3. The lowest BCUT2D eigenvalue weighted by atomic mass is 9.99. The van der Waals surface area contributed by atoms with Crippen LogP contribution < -0.4 is 4.90 Å². The van der Waals surface area contributed by atoms with Gasteiger partial charge in [-0.1, -0.05) is 24.1 Å². The average molecular weight is 364 g/mol. The van der Waals surface area contributed by atoms with Gasteiger partial charge in [0.05, 0.1) is 16.7 Å². The minimum Gasteiger partial charge on any atom is -0.372 e. The fourth-order valence-electron chi connectivity index (χ4n) is 3.46. The Kier molecular flexibility index (Phi) is 4.39. The Bertz CT molecular complexity index is 864. The van der Waals surface area contributed by atoms with Crippen LogP contribution in [0, 0.1) is 5.92 Å². The molecule has 0 bridgehead atoms. The SMILES string of the molecule is CC1CCN(c2ccc(C(=O)ON3C(=O)c4ccccc4C3=O)cc2)CC1. The number of benzene rings is 2. The fraction of sp³-hybridized carbons (Fsp3) is 0.286. The van der Waals surface area contributed by atoms with Gasteiger partial charge in [-0.25, -0.2) is 4.79 Å². The summed E-state index contributed by atoms with van der Waals surface area (Å²) in [4.78, 5) is 44.3. The molecule has 0 saturated carbocycles. The van der Waals surface area contributed by atoms with Crippen LogP contribution in [0.25, 0.3) is 0 Å². The van der Waals surface area contributed by atoms with E-state index in [1.54, 1.807) is 24.3 Å². The van der Waals surface area contributed by atoms with Crippen molar-refractivity contribution >= 4 is 23.5 Å². The molecule has 1 fully saturated rings. The number of fused-ring (bicyclic) bond motifs is 1. The van der Waals surface area contributed by atoms with E-state index < -0.39 is 17.8 Å². The highest BCUT2D eigenvalue weighted by Crippen LogP contribution is 2.25. The van der Waals surface area contributed by atoms with Gasteiger partial charge in [0, 0.05) is 18.8 Å². The number of carbonyl (C=O) groups excluding carboxylic acids is 3. The fourth-order valence-corrected chi connectivity index (χ4v) is 3.46. The van der Waals surface area contributed by atoms with Gasteiger partial charge in [0.15, 0.2) is 0 Å². The molecular formula is C21H20N2O4. The first-order valence-electron chi connectivity index (χ1n) is 9.09. The highest BCUT2D eigenvalue weighted by molar-refractivity contribution is 6.21. The van der Waals surface area contributed by atoms with Crippen molar-refractivity contribution in [1.29, 1.82) is 0 Å². The van der Waals surface area contributed by atoms with Crippen LogP contribution in [0.1, 0.15) is 50.8 Å². The predicted octanol–water partition coefficient (Wildman–Crippen LogP) is 3.29. The Hall–Kier alpha value is -3.15. The maximum atomic E-state index is 12.4. The molecule has 0 spiro atoms. The van der Waals surface area contributed by atoms with Gasteiger partial charge in [-0.2, -0.15) is 0 Å². The minimum atomic E-state index is -0.733. The Morgan fingerprint density at radius 1 is 0.926 bits per heavy atom. The number of hydrogen-bond acceptors (Lipinski definition) is 5. The number of piperidine rings is 1. The van der Waals surface area contributed by atoms with E-state index in [1.807, 2.05) is 12.1 Å².